The number of hydrogen-bond acceptors (Lipinski definition) is 11. The van der Waals surface area contributed by atoms with Crippen LogP contribution in [0.1, 0.15) is 81.9 Å². The number of imide groups is 1. The van der Waals surface area contributed by atoms with Gasteiger partial charge in [0.15, 0.2) is 12.4 Å². The van der Waals surface area contributed by atoms with E-state index in [0.29, 0.717) is 75.2 Å². The number of likely N-dealkylation sites (tertiary alicyclic amines) is 1. The maximum Gasteiger partial charge on any atom is 0.301 e. The van der Waals surface area contributed by atoms with Crippen molar-refractivity contribution in [3.05, 3.63) is 69.0 Å². The van der Waals surface area contributed by atoms with Gasteiger partial charge in [-0.15, -0.1) is 0 Å². The van der Waals surface area contributed by atoms with Crippen LogP contribution in [0.5, 0.6) is 5.75 Å². The molecule has 2 aromatic carbocycles. The highest BCUT2D eigenvalue weighted by Gasteiger charge is 2.51. The second kappa shape index (κ2) is 15.9. The first-order valence-electron chi connectivity index (χ1n) is 22.2. The van der Waals surface area contributed by atoms with Crippen LogP contribution in [0.15, 0.2) is 41.3 Å². The summed E-state index contributed by atoms with van der Waals surface area (Å²) in [7, 11) is 3.41. The van der Waals surface area contributed by atoms with E-state index in [2.05, 4.69) is 49.7 Å². The van der Waals surface area contributed by atoms with Crippen LogP contribution in [0.2, 0.25) is 5.02 Å². The van der Waals surface area contributed by atoms with Crippen molar-refractivity contribution >= 4 is 68.4 Å². The smallest absolute Gasteiger partial charge is 0.301 e. The third kappa shape index (κ3) is 7.71. The lowest BCUT2D eigenvalue weighted by atomic mass is 9.73. The molecule has 5 aromatic rings. The summed E-state index contributed by atoms with van der Waals surface area (Å²) in [5, 5.41) is 14.8. The molecule has 14 nitrogen and oxygen atoms in total. The average molecular weight is 901 g/mol. The van der Waals surface area contributed by atoms with Gasteiger partial charge in [0.25, 0.3) is 5.56 Å². The van der Waals surface area contributed by atoms with Gasteiger partial charge in [0.2, 0.25) is 23.5 Å². The molecule has 1 aliphatic carbocycles. The Kier molecular flexibility index (Phi) is 10.6. The van der Waals surface area contributed by atoms with Crippen molar-refractivity contribution in [1.29, 1.82) is 0 Å². The van der Waals surface area contributed by atoms with Gasteiger partial charge in [-0.3, -0.25) is 24.4 Å². The van der Waals surface area contributed by atoms with Crippen LogP contribution in [0.4, 0.5) is 36.3 Å². The molecule has 64 heavy (non-hydrogen) atoms. The van der Waals surface area contributed by atoms with Crippen LogP contribution < -0.4 is 31.1 Å². The molecule has 1 saturated carbocycles. The van der Waals surface area contributed by atoms with Gasteiger partial charge in [0.05, 0.1) is 40.6 Å². The molecule has 5 aliphatic rings. The molecular weight excluding hydrogens is 849 g/mol. The Morgan fingerprint density at radius 3 is 2.48 bits per heavy atom. The topological polar surface area (TPSA) is 152 Å². The Morgan fingerprint density at radius 2 is 1.75 bits per heavy atom. The number of amides is 2. The SMILES string of the molecule is Cn1nc(C2CCC(=O)NC2=O)c2cc(F)c(C3CCN(CC4CCN(c5ncc(Cl)c(Nc6ccc7c(c6)c6c(c(=O)n7C)OCC(F)(F)[C@H](C7CC7)N6)n5)CC4(C)C)CC3)cc21. The summed E-state index contributed by atoms with van der Waals surface area (Å²) in [5.74, 6) is -3.62. The van der Waals surface area contributed by atoms with E-state index in [1.165, 1.54) is 10.6 Å². The predicted octanol–water partition coefficient (Wildman–Crippen LogP) is 7.22. The molecule has 3 aromatic heterocycles. The Bertz CT molecular complexity index is 2770. The van der Waals surface area contributed by atoms with E-state index in [4.69, 9.17) is 21.3 Å². The fourth-order valence-corrected chi connectivity index (χ4v) is 10.7. The molecule has 10 rings (SSSR count). The van der Waals surface area contributed by atoms with Crippen molar-refractivity contribution in [2.24, 2.45) is 31.3 Å². The van der Waals surface area contributed by atoms with Crippen molar-refractivity contribution in [2.75, 3.05) is 54.9 Å². The number of halogens is 4. The number of hydrogen-bond donors (Lipinski definition) is 3. The lowest BCUT2D eigenvalue weighted by molar-refractivity contribution is -0.134. The summed E-state index contributed by atoms with van der Waals surface area (Å²) in [6.45, 7) is 7.79. The summed E-state index contributed by atoms with van der Waals surface area (Å²) in [6.07, 6.45) is 6.13. The summed E-state index contributed by atoms with van der Waals surface area (Å²) in [6, 6.07) is 7.64. The average Bonchev–Trinajstić information content (AvgIpc) is 4.06. The molecule has 2 amide bonds. The number of ether oxygens (including phenoxy) is 1. The zero-order valence-electron chi connectivity index (χ0n) is 36.3. The number of carbonyl (C=O) groups excluding carboxylic acids is 2. The van der Waals surface area contributed by atoms with Gasteiger partial charge >= 0.3 is 5.92 Å². The predicted molar refractivity (Wildman–Crippen MR) is 238 cm³/mol. The number of aromatic nitrogens is 5. The van der Waals surface area contributed by atoms with Crippen LogP contribution in [0, 0.1) is 23.1 Å². The third-order valence-electron chi connectivity index (χ3n) is 14.4. The number of anilines is 4. The van der Waals surface area contributed by atoms with Gasteiger partial charge in [0.1, 0.15) is 10.8 Å². The largest absolute Gasteiger partial charge is 0.480 e. The second-order valence-electron chi connectivity index (χ2n) is 19.2. The fourth-order valence-electron chi connectivity index (χ4n) is 10.5. The minimum absolute atomic E-state index is 0.0610. The molecule has 3 atom stereocenters. The number of pyridine rings is 1. The zero-order chi connectivity index (χ0) is 44.8. The maximum absolute atomic E-state index is 15.9. The quantitative estimate of drug-likeness (QED) is 0.136. The van der Waals surface area contributed by atoms with Gasteiger partial charge in [0, 0.05) is 56.6 Å². The lowest BCUT2D eigenvalue weighted by Crippen LogP contribution is -2.50. The van der Waals surface area contributed by atoms with Crippen LogP contribution in [-0.4, -0.2) is 92.3 Å². The van der Waals surface area contributed by atoms with Crippen molar-refractivity contribution in [2.45, 2.75) is 82.6 Å². The highest BCUT2D eigenvalue weighted by molar-refractivity contribution is 6.33. The normalized spacial score (nSPS) is 23.9. The van der Waals surface area contributed by atoms with Gasteiger partial charge < -0.3 is 29.7 Å². The van der Waals surface area contributed by atoms with Gasteiger partial charge in [-0.25, -0.2) is 18.2 Å². The van der Waals surface area contributed by atoms with Crippen LogP contribution in [0.3, 0.4) is 0 Å². The standard InChI is InChI=1S/C46H52ClF3N10O4/c1-45(2)22-60(16-13-26(45)21-59-14-11-24(12-15-59)29-19-35-31(18-33(29)48)37(56-58(35)4)28-8-10-36(61)53-42(28)62)44-51-20-32(47)41(55-44)52-27-7-9-34-30(17-27)38-39(43(63)57(34)3)64-23-46(49,50)40(54-38)25-5-6-25/h7,9,17-20,24-26,28,40,54H,5-6,8,10-16,21-23H2,1-4H3,(H,51,52,55)(H,53,61,62)/t26?,28?,40-/m0/s1. The molecule has 338 valence electrons. The van der Waals surface area contributed by atoms with Gasteiger partial charge in [-0.1, -0.05) is 25.4 Å². The van der Waals surface area contributed by atoms with Crippen molar-refractivity contribution in [1.82, 2.24) is 34.5 Å². The van der Waals surface area contributed by atoms with Crippen LogP contribution in [-0.2, 0) is 23.7 Å². The highest BCUT2D eigenvalue weighted by Crippen LogP contribution is 2.46. The molecule has 2 unspecified atom stereocenters. The highest BCUT2D eigenvalue weighted by atomic mass is 35.5. The molecule has 18 heteroatoms. The van der Waals surface area contributed by atoms with Gasteiger partial charge in [-0.05, 0) is 111 Å². The number of nitrogens with one attached hydrogen (secondary N) is 3. The minimum Gasteiger partial charge on any atom is -0.480 e. The van der Waals surface area contributed by atoms with Crippen molar-refractivity contribution in [3.8, 4) is 5.75 Å². The number of rotatable bonds is 8. The van der Waals surface area contributed by atoms with Crippen LogP contribution in [0.25, 0.3) is 21.8 Å². The fraction of sp³-hybridized carbons (Fsp3) is 0.522. The summed E-state index contributed by atoms with van der Waals surface area (Å²) in [5.41, 5.74) is 2.83. The summed E-state index contributed by atoms with van der Waals surface area (Å²) in [4.78, 5) is 51.8. The molecule has 3 N–H and O–H groups in total. The Labute approximate surface area is 372 Å². The molecule has 7 heterocycles. The number of carbonyl (C=O) groups is 2. The minimum atomic E-state index is -3.14. The molecule has 4 fully saturated rings. The molecule has 0 bridgehead atoms. The zero-order valence-corrected chi connectivity index (χ0v) is 37.1. The van der Waals surface area contributed by atoms with E-state index in [1.54, 1.807) is 36.1 Å². The van der Waals surface area contributed by atoms with E-state index >= 15 is 13.2 Å². The van der Waals surface area contributed by atoms with Crippen molar-refractivity contribution in [3.63, 3.8) is 0 Å². The van der Waals surface area contributed by atoms with E-state index in [1.807, 2.05) is 13.1 Å². The van der Waals surface area contributed by atoms with E-state index < -0.39 is 30.0 Å². The van der Waals surface area contributed by atoms with Crippen molar-refractivity contribution < 1.29 is 27.5 Å². The molecular formula is C46H52ClF3N10O4. The number of benzene rings is 2. The number of piperidine rings is 3. The first kappa shape index (κ1) is 42.5. The number of fused-ring (bicyclic) bond motifs is 4. The Balaban J connectivity index is 0.797. The van der Waals surface area contributed by atoms with Crippen LogP contribution >= 0.6 is 11.6 Å². The second-order valence-corrected chi connectivity index (χ2v) is 19.6. The van der Waals surface area contributed by atoms with E-state index in [0.717, 1.165) is 57.5 Å². The lowest BCUT2D eigenvalue weighted by Gasteiger charge is -2.46. The first-order chi connectivity index (χ1) is 30.5. The van der Waals surface area contributed by atoms with E-state index in [-0.39, 0.29) is 52.7 Å². The summed E-state index contributed by atoms with van der Waals surface area (Å²) >= 11 is 6.68. The molecule has 0 radical (unpaired) electrons. The van der Waals surface area contributed by atoms with Gasteiger partial charge in [-0.2, -0.15) is 10.1 Å². The first-order valence-corrected chi connectivity index (χ1v) is 22.6. The maximum atomic E-state index is 15.9. The Morgan fingerprint density at radius 1 is 0.969 bits per heavy atom. The molecule has 4 aliphatic heterocycles. The molecule has 3 saturated heterocycles. The van der Waals surface area contributed by atoms with E-state index in [9.17, 15) is 14.4 Å². The number of alkyl halides is 2. The molecule has 0 spiro atoms. The number of nitrogens with zero attached hydrogens (tertiary/aromatic N) is 7. The number of aryl methyl sites for hydroxylation is 2. The third-order valence-corrected chi connectivity index (χ3v) is 14.7. The monoisotopic (exact) mass is 900 g/mol. The Hall–Kier alpha value is -5.42. The summed E-state index contributed by atoms with van der Waals surface area (Å²) < 4.78 is 54.9.